The zero-order valence-electron chi connectivity index (χ0n) is 11.6. The zero-order valence-corrected chi connectivity index (χ0v) is 11.6. The number of H-pyrrole nitrogens is 1. The second-order valence-corrected chi connectivity index (χ2v) is 5.00. The Hall–Kier alpha value is -2.17. The normalized spacial score (nSPS) is 14.8. The Bertz CT molecular complexity index is 620. The molecule has 1 N–H and O–H groups in total. The van der Waals surface area contributed by atoms with E-state index in [4.69, 9.17) is 0 Å². The van der Waals surface area contributed by atoms with Crippen LogP contribution in [0.2, 0.25) is 0 Å². The van der Waals surface area contributed by atoms with Crippen LogP contribution in [0.15, 0.2) is 24.3 Å². The number of hydrogen-bond acceptors (Lipinski definition) is 3. The molecule has 0 saturated carbocycles. The molecule has 0 bridgehead atoms. The highest BCUT2D eigenvalue weighted by Crippen LogP contribution is 2.26. The minimum Gasteiger partial charge on any atom is -0.305 e. The first-order valence-corrected chi connectivity index (χ1v) is 7.10. The molecule has 0 fully saturated rings. The first kappa shape index (κ1) is 12.8. The first-order valence-electron chi connectivity index (χ1n) is 7.10. The minimum absolute atomic E-state index is 0.115. The molecular formula is C15H18N4O. The molecule has 2 aromatic rings. The van der Waals surface area contributed by atoms with Crippen molar-refractivity contribution in [2.24, 2.45) is 0 Å². The number of hydrogen-bond donors (Lipinski definition) is 1. The fraction of sp³-hybridized carbons (Fsp3) is 0.400. The van der Waals surface area contributed by atoms with Crippen LogP contribution in [0.1, 0.15) is 41.8 Å². The first-order chi connectivity index (χ1) is 9.79. The van der Waals surface area contributed by atoms with Gasteiger partial charge in [0, 0.05) is 18.7 Å². The van der Waals surface area contributed by atoms with Crippen molar-refractivity contribution in [3.63, 3.8) is 0 Å². The number of carbonyl (C=O) groups is 1. The molecule has 5 heteroatoms. The van der Waals surface area contributed by atoms with Gasteiger partial charge in [-0.05, 0) is 30.9 Å². The van der Waals surface area contributed by atoms with Crippen molar-refractivity contribution < 1.29 is 4.79 Å². The molecule has 2 heterocycles. The molecule has 0 saturated heterocycles. The summed E-state index contributed by atoms with van der Waals surface area (Å²) in [4.78, 5) is 18.7. The Balaban J connectivity index is 1.94. The van der Waals surface area contributed by atoms with E-state index in [2.05, 4.69) is 21.2 Å². The van der Waals surface area contributed by atoms with Crippen LogP contribution >= 0.6 is 0 Å². The smallest absolute Gasteiger partial charge is 0.297 e. The number of para-hydroxylation sites is 1. The zero-order chi connectivity index (χ0) is 13.9. The SMILES string of the molecule is CCc1nc(C(=O)N2CCCCc3ccccc32)n[nH]1. The van der Waals surface area contributed by atoms with Crippen LogP contribution in [0.5, 0.6) is 0 Å². The fourth-order valence-corrected chi connectivity index (χ4v) is 2.57. The van der Waals surface area contributed by atoms with E-state index in [-0.39, 0.29) is 11.7 Å². The monoisotopic (exact) mass is 270 g/mol. The van der Waals surface area contributed by atoms with Gasteiger partial charge >= 0.3 is 0 Å². The van der Waals surface area contributed by atoms with Crippen molar-refractivity contribution >= 4 is 11.6 Å². The van der Waals surface area contributed by atoms with Crippen molar-refractivity contribution in [1.82, 2.24) is 15.2 Å². The van der Waals surface area contributed by atoms with Gasteiger partial charge in [-0.25, -0.2) is 4.98 Å². The Kier molecular flexibility index (Phi) is 3.50. The van der Waals surface area contributed by atoms with Crippen LogP contribution in [-0.4, -0.2) is 27.6 Å². The van der Waals surface area contributed by atoms with Crippen molar-refractivity contribution in [3.05, 3.63) is 41.5 Å². The molecule has 1 amide bonds. The summed E-state index contributed by atoms with van der Waals surface area (Å²) >= 11 is 0. The van der Waals surface area contributed by atoms with Gasteiger partial charge in [0.25, 0.3) is 5.91 Å². The van der Waals surface area contributed by atoms with Crippen LogP contribution in [0, 0.1) is 0 Å². The summed E-state index contributed by atoms with van der Waals surface area (Å²) in [5, 5.41) is 6.84. The third-order valence-electron chi connectivity index (χ3n) is 3.66. The van der Waals surface area contributed by atoms with Gasteiger partial charge in [0.1, 0.15) is 5.82 Å². The van der Waals surface area contributed by atoms with Gasteiger partial charge in [-0.3, -0.25) is 9.89 Å². The number of amides is 1. The third kappa shape index (κ3) is 2.31. The molecule has 1 aromatic heterocycles. The Labute approximate surface area is 118 Å². The summed E-state index contributed by atoms with van der Waals surface area (Å²) in [6, 6.07) is 8.09. The Morgan fingerprint density at radius 3 is 3.00 bits per heavy atom. The molecule has 5 nitrogen and oxygen atoms in total. The molecule has 0 radical (unpaired) electrons. The summed E-state index contributed by atoms with van der Waals surface area (Å²) < 4.78 is 0. The summed E-state index contributed by atoms with van der Waals surface area (Å²) in [6.07, 6.45) is 3.88. The Morgan fingerprint density at radius 2 is 2.20 bits per heavy atom. The van der Waals surface area contributed by atoms with Crippen LogP contribution < -0.4 is 4.90 Å². The fourth-order valence-electron chi connectivity index (χ4n) is 2.57. The molecule has 104 valence electrons. The van der Waals surface area contributed by atoms with Crippen LogP contribution in [-0.2, 0) is 12.8 Å². The Morgan fingerprint density at radius 1 is 1.35 bits per heavy atom. The largest absolute Gasteiger partial charge is 0.305 e. The summed E-state index contributed by atoms with van der Waals surface area (Å²) in [5.74, 6) is 0.894. The van der Waals surface area contributed by atoms with Crippen molar-refractivity contribution in [2.45, 2.75) is 32.6 Å². The summed E-state index contributed by atoms with van der Waals surface area (Å²) in [5.41, 5.74) is 2.22. The molecule has 1 aliphatic heterocycles. The number of rotatable bonds is 2. The molecule has 20 heavy (non-hydrogen) atoms. The van der Waals surface area contributed by atoms with Gasteiger partial charge in [0.2, 0.25) is 5.82 Å². The quantitative estimate of drug-likeness (QED) is 0.911. The lowest BCUT2D eigenvalue weighted by Crippen LogP contribution is -2.32. The van der Waals surface area contributed by atoms with E-state index in [0.29, 0.717) is 0 Å². The number of nitrogens with zero attached hydrogens (tertiary/aromatic N) is 3. The minimum atomic E-state index is -0.115. The maximum Gasteiger partial charge on any atom is 0.297 e. The number of anilines is 1. The lowest BCUT2D eigenvalue weighted by molar-refractivity contribution is 0.0977. The second kappa shape index (κ2) is 5.45. The van der Waals surface area contributed by atoms with E-state index in [1.165, 1.54) is 5.56 Å². The highest BCUT2D eigenvalue weighted by atomic mass is 16.2. The van der Waals surface area contributed by atoms with Crippen molar-refractivity contribution in [3.8, 4) is 0 Å². The second-order valence-electron chi connectivity index (χ2n) is 5.00. The van der Waals surface area contributed by atoms with E-state index in [0.717, 1.165) is 43.7 Å². The lowest BCUT2D eigenvalue weighted by atomic mass is 10.1. The highest BCUT2D eigenvalue weighted by Gasteiger charge is 2.24. The van der Waals surface area contributed by atoms with Gasteiger partial charge in [0.15, 0.2) is 0 Å². The van der Waals surface area contributed by atoms with E-state index < -0.39 is 0 Å². The maximum absolute atomic E-state index is 12.6. The molecular weight excluding hydrogens is 252 g/mol. The standard InChI is InChI=1S/C15H18N4O/c1-2-13-16-14(18-17-13)15(20)19-10-6-5-8-11-7-3-4-9-12(11)19/h3-4,7,9H,2,5-6,8,10H2,1H3,(H,16,17,18). The average molecular weight is 270 g/mol. The number of fused-ring (bicyclic) bond motifs is 1. The number of aromatic amines is 1. The molecule has 0 spiro atoms. The van der Waals surface area contributed by atoms with Gasteiger partial charge < -0.3 is 4.90 Å². The van der Waals surface area contributed by atoms with E-state index in [1.807, 2.05) is 30.0 Å². The molecule has 0 aliphatic carbocycles. The number of aryl methyl sites for hydroxylation is 2. The number of nitrogens with one attached hydrogen (secondary N) is 1. The van der Waals surface area contributed by atoms with Crippen molar-refractivity contribution in [1.29, 1.82) is 0 Å². The maximum atomic E-state index is 12.6. The molecule has 1 aliphatic rings. The molecule has 0 atom stereocenters. The topological polar surface area (TPSA) is 61.9 Å². The third-order valence-corrected chi connectivity index (χ3v) is 3.66. The van der Waals surface area contributed by atoms with Crippen LogP contribution in [0.25, 0.3) is 0 Å². The predicted octanol–water partition coefficient (Wildman–Crippen LogP) is 2.35. The number of aromatic nitrogens is 3. The average Bonchev–Trinajstić information content (AvgIpc) is 2.86. The predicted molar refractivity (Wildman–Crippen MR) is 76.8 cm³/mol. The number of benzene rings is 1. The number of carbonyl (C=O) groups excluding carboxylic acids is 1. The molecule has 1 aromatic carbocycles. The van der Waals surface area contributed by atoms with Gasteiger partial charge in [-0.15, -0.1) is 5.10 Å². The highest BCUT2D eigenvalue weighted by molar-refractivity contribution is 6.04. The van der Waals surface area contributed by atoms with E-state index >= 15 is 0 Å². The van der Waals surface area contributed by atoms with Gasteiger partial charge in [0.05, 0.1) is 0 Å². The van der Waals surface area contributed by atoms with Gasteiger partial charge in [-0.2, -0.15) is 0 Å². The molecule has 0 unspecified atom stereocenters. The summed E-state index contributed by atoms with van der Waals surface area (Å²) in [6.45, 7) is 2.71. The van der Waals surface area contributed by atoms with Gasteiger partial charge in [-0.1, -0.05) is 25.1 Å². The molecule has 3 rings (SSSR count). The van der Waals surface area contributed by atoms with E-state index in [9.17, 15) is 4.79 Å². The van der Waals surface area contributed by atoms with E-state index in [1.54, 1.807) is 0 Å². The summed E-state index contributed by atoms with van der Waals surface area (Å²) in [7, 11) is 0. The van der Waals surface area contributed by atoms with Crippen LogP contribution in [0.3, 0.4) is 0 Å². The lowest BCUT2D eigenvalue weighted by Gasteiger charge is -2.21. The van der Waals surface area contributed by atoms with Crippen LogP contribution in [0.4, 0.5) is 5.69 Å². The van der Waals surface area contributed by atoms with Crippen molar-refractivity contribution in [2.75, 3.05) is 11.4 Å².